The molecule has 2 aliphatic rings. The van der Waals surface area contributed by atoms with Gasteiger partial charge in [-0.3, -0.25) is 9.69 Å². The van der Waals surface area contributed by atoms with Crippen LogP contribution >= 0.6 is 0 Å². The van der Waals surface area contributed by atoms with Gasteiger partial charge in [-0.05, 0) is 44.5 Å². The van der Waals surface area contributed by atoms with Crippen LogP contribution in [0.2, 0.25) is 0 Å². The van der Waals surface area contributed by atoms with Crippen molar-refractivity contribution in [3.05, 3.63) is 29.3 Å². The number of sulfone groups is 1. The van der Waals surface area contributed by atoms with E-state index in [4.69, 9.17) is 4.74 Å². The number of fused-ring (bicyclic) bond motifs is 1. The molecule has 1 N–H and O–H groups in total. The van der Waals surface area contributed by atoms with Gasteiger partial charge in [0.25, 0.3) is 0 Å². The molecule has 1 unspecified atom stereocenters. The zero-order chi connectivity index (χ0) is 18.2. The zero-order valence-electron chi connectivity index (χ0n) is 15.0. The van der Waals surface area contributed by atoms with E-state index in [0.29, 0.717) is 13.0 Å². The lowest BCUT2D eigenvalue weighted by molar-refractivity contribution is -0.122. The van der Waals surface area contributed by atoms with E-state index in [1.165, 1.54) is 5.56 Å². The van der Waals surface area contributed by atoms with Crippen molar-refractivity contribution >= 4 is 15.7 Å². The van der Waals surface area contributed by atoms with Crippen LogP contribution in [-0.4, -0.2) is 56.0 Å². The number of nitrogens with zero attached hydrogens (tertiary/aromatic N) is 1. The number of carbonyl (C=O) groups excluding carboxylic acids is 1. The second-order valence-electron chi connectivity index (χ2n) is 7.73. The van der Waals surface area contributed by atoms with E-state index in [0.717, 1.165) is 17.7 Å². The molecule has 6 nitrogen and oxygen atoms in total. The van der Waals surface area contributed by atoms with Gasteiger partial charge in [0, 0.05) is 19.0 Å². The monoisotopic (exact) mass is 366 g/mol. The lowest BCUT2D eigenvalue weighted by Gasteiger charge is -2.22. The molecule has 7 heteroatoms. The first-order valence-corrected chi connectivity index (χ1v) is 10.4. The summed E-state index contributed by atoms with van der Waals surface area (Å²) < 4.78 is 28.9. The number of nitrogens with one attached hydrogen (secondary N) is 1. The fourth-order valence-corrected chi connectivity index (χ4v) is 5.31. The SMILES string of the molecule is CN(CC(=O)NCc1ccc2c(c1)CC(C)(C)O2)C1CCS(=O)(=O)C1. The summed E-state index contributed by atoms with van der Waals surface area (Å²) in [6, 6.07) is 5.95. The average Bonchev–Trinajstić information content (AvgIpc) is 3.01. The first-order valence-electron chi connectivity index (χ1n) is 8.62. The van der Waals surface area contributed by atoms with E-state index in [-0.39, 0.29) is 35.6 Å². The standard InChI is InChI=1S/C18H26N2O4S/c1-18(2)9-14-8-13(4-5-16(14)24-18)10-19-17(21)11-20(3)15-6-7-25(22,23)12-15/h4-5,8,15H,6-7,9-12H2,1-3H3,(H,19,21). The van der Waals surface area contributed by atoms with Crippen LogP contribution in [0.5, 0.6) is 5.75 Å². The topological polar surface area (TPSA) is 75.7 Å². The number of amides is 1. The highest BCUT2D eigenvalue weighted by Crippen LogP contribution is 2.35. The maximum atomic E-state index is 12.2. The highest BCUT2D eigenvalue weighted by molar-refractivity contribution is 7.91. The Morgan fingerprint density at radius 2 is 2.16 bits per heavy atom. The quantitative estimate of drug-likeness (QED) is 0.846. The van der Waals surface area contributed by atoms with Crippen molar-refractivity contribution in [2.75, 3.05) is 25.1 Å². The molecular weight excluding hydrogens is 340 g/mol. The summed E-state index contributed by atoms with van der Waals surface area (Å²) in [5.41, 5.74) is 2.04. The summed E-state index contributed by atoms with van der Waals surface area (Å²) >= 11 is 0. The zero-order valence-corrected chi connectivity index (χ0v) is 15.9. The predicted molar refractivity (Wildman–Crippen MR) is 96.4 cm³/mol. The molecule has 25 heavy (non-hydrogen) atoms. The van der Waals surface area contributed by atoms with Crippen molar-refractivity contribution in [2.45, 2.75) is 44.9 Å². The molecular formula is C18H26N2O4S. The summed E-state index contributed by atoms with van der Waals surface area (Å²) in [6.07, 6.45) is 1.47. The maximum Gasteiger partial charge on any atom is 0.234 e. The van der Waals surface area contributed by atoms with Crippen molar-refractivity contribution in [1.29, 1.82) is 0 Å². The summed E-state index contributed by atoms with van der Waals surface area (Å²) in [6.45, 7) is 4.80. The van der Waals surface area contributed by atoms with Crippen LogP contribution in [0.25, 0.3) is 0 Å². The maximum absolute atomic E-state index is 12.2. The van der Waals surface area contributed by atoms with Crippen LogP contribution in [0.1, 0.15) is 31.4 Å². The molecule has 0 saturated carbocycles. The fraction of sp³-hybridized carbons (Fsp3) is 0.611. The van der Waals surface area contributed by atoms with Crippen molar-refractivity contribution in [2.24, 2.45) is 0 Å². The van der Waals surface area contributed by atoms with Gasteiger partial charge in [0.05, 0.1) is 18.1 Å². The van der Waals surface area contributed by atoms with Crippen molar-refractivity contribution < 1.29 is 17.9 Å². The Bertz CT molecular complexity index is 773. The number of benzene rings is 1. The van der Waals surface area contributed by atoms with Gasteiger partial charge in [0.15, 0.2) is 9.84 Å². The molecule has 1 aromatic carbocycles. The van der Waals surface area contributed by atoms with Crippen molar-refractivity contribution in [3.8, 4) is 5.75 Å². The molecule has 1 fully saturated rings. The fourth-order valence-electron chi connectivity index (χ4n) is 3.51. The molecule has 0 bridgehead atoms. The molecule has 3 rings (SSSR count). The Hall–Kier alpha value is -1.60. The first kappa shape index (κ1) is 18.2. The Balaban J connectivity index is 1.50. The molecule has 1 amide bonds. The molecule has 138 valence electrons. The number of likely N-dealkylation sites (N-methyl/N-ethyl adjacent to an activating group) is 1. The number of hydrogen-bond donors (Lipinski definition) is 1. The summed E-state index contributed by atoms with van der Waals surface area (Å²) in [5.74, 6) is 1.19. The first-order chi connectivity index (χ1) is 11.6. The van der Waals surface area contributed by atoms with Gasteiger partial charge in [0.2, 0.25) is 5.91 Å². The summed E-state index contributed by atoms with van der Waals surface area (Å²) in [4.78, 5) is 14.0. The van der Waals surface area contributed by atoms with Gasteiger partial charge in [-0.2, -0.15) is 0 Å². The second kappa shape index (κ2) is 6.61. The van der Waals surface area contributed by atoms with Gasteiger partial charge >= 0.3 is 0 Å². The van der Waals surface area contributed by atoms with Gasteiger partial charge in [0.1, 0.15) is 11.4 Å². The molecule has 2 aliphatic heterocycles. The third-order valence-electron chi connectivity index (χ3n) is 4.84. The van der Waals surface area contributed by atoms with Crippen LogP contribution in [0.4, 0.5) is 0 Å². The third-order valence-corrected chi connectivity index (χ3v) is 6.59. The van der Waals surface area contributed by atoms with Gasteiger partial charge in [-0.1, -0.05) is 12.1 Å². The molecule has 1 saturated heterocycles. The largest absolute Gasteiger partial charge is 0.487 e. The Labute approximate surface area is 149 Å². The molecule has 1 aromatic rings. The Morgan fingerprint density at radius 3 is 2.84 bits per heavy atom. The highest BCUT2D eigenvalue weighted by atomic mass is 32.2. The normalized spacial score (nSPS) is 23.3. The average molecular weight is 366 g/mol. The second-order valence-corrected chi connectivity index (χ2v) is 9.96. The molecule has 0 aromatic heterocycles. The predicted octanol–water partition coefficient (Wildman–Crippen LogP) is 1.14. The number of rotatable bonds is 5. The van der Waals surface area contributed by atoms with Crippen LogP contribution in [0.3, 0.4) is 0 Å². The van der Waals surface area contributed by atoms with Crippen LogP contribution in [0.15, 0.2) is 18.2 Å². The van der Waals surface area contributed by atoms with E-state index in [9.17, 15) is 13.2 Å². The molecule has 2 heterocycles. The van der Waals surface area contributed by atoms with E-state index >= 15 is 0 Å². The van der Waals surface area contributed by atoms with E-state index < -0.39 is 9.84 Å². The third kappa shape index (κ3) is 4.52. The van der Waals surface area contributed by atoms with E-state index in [2.05, 4.69) is 25.2 Å². The molecule has 1 atom stereocenters. The minimum atomic E-state index is -2.93. The molecule has 0 spiro atoms. The molecule has 0 radical (unpaired) electrons. The summed E-state index contributed by atoms with van der Waals surface area (Å²) in [5, 5.41) is 2.92. The van der Waals surface area contributed by atoms with Crippen LogP contribution in [-0.2, 0) is 27.6 Å². The Morgan fingerprint density at radius 1 is 1.40 bits per heavy atom. The molecule has 0 aliphatic carbocycles. The highest BCUT2D eigenvalue weighted by Gasteiger charge is 2.31. The summed E-state index contributed by atoms with van der Waals surface area (Å²) in [7, 11) is -1.13. The van der Waals surface area contributed by atoms with Gasteiger partial charge in [-0.15, -0.1) is 0 Å². The van der Waals surface area contributed by atoms with Gasteiger partial charge < -0.3 is 10.1 Å². The minimum absolute atomic E-state index is 0.0601. The lowest BCUT2D eigenvalue weighted by Crippen LogP contribution is -2.41. The lowest BCUT2D eigenvalue weighted by atomic mass is 10.0. The number of hydrogen-bond acceptors (Lipinski definition) is 5. The van der Waals surface area contributed by atoms with Crippen molar-refractivity contribution in [3.63, 3.8) is 0 Å². The van der Waals surface area contributed by atoms with Gasteiger partial charge in [-0.25, -0.2) is 8.42 Å². The van der Waals surface area contributed by atoms with E-state index in [1.807, 2.05) is 17.0 Å². The minimum Gasteiger partial charge on any atom is -0.487 e. The number of ether oxygens (including phenoxy) is 1. The van der Waals surface area contributed by atoms with Crippen molar-refractivity contribution in [1.82, 2.24) is 10.2 Å². The number of carbonyl (C=O) groups is 1. The smallest absolute Gasteiger partial charge is 0.234 e. The van der Waals surface area contributed by atoms with E-state index in [1.54, 1.807) is 7.05 Å². The Kier molecular flexibility index (Phi) is 4.81. The van der Waals surface area contributed by atoms with Crippen LogP contribution < -0.4 is 10.1 Å². The van der Waals surface area contributed by atoms with Crippen LogP contribution in [0, 0.1) is 0 Å².